The Bertz CT molecular complexity index is 958. The van der Waals surface area contributed by atoms with E-state index < -0.39 is 0 Å². The van der Waals surface area contributed by atoms with Crippen LogP contribution in [0.3, 0.4) is 0 Å². The summed E-state index contributed by atoms with van der Waals surface area (Å²) >= 11 is 5.70. The van der Waals surface area contributed by atoms with Gasteiger partial charge < -0.3 is 4.57 Å². The van der Waals surface area contributed by atoms with E-state index >= 15 is 0 Å². The number of hydrogen-bond donors (Lipinski definition) is 0. The molecule has 0 amide bonds. The molecule has 2 aromatic carbocycles. The molecule has 0 saturated carbocycles. The van der Waals surface area contributed by atoms with Crippen molar-refractivity contribution in [3.63, 3.8) is 0 Å². The minimum absolute atomic E-state index is 0.760. The zero-order valence-electron chi connectivity index (χ0n) is 14.5. The number of rotatable bonds is 4. The topological polar surface area (TPSA) is 17.8 Å². The van der Waals surface area contributed by atoms with E-state index in [2.05, 4.69) is 60.0 Å². The standard InChI is InChI=1S/C22H22N2S/c1-2-3-15-24-20-18-12-8-7-9-16(18)13-14-19(20)22(25)23-21(24)17-10-5-4-6-11-17/h4-12H,2-3,13-15H2,1H3. The molecule has 3 heteroatoms. The lowest BCUT2D eigenvalue weighted by Crippen LogP contribution is -2.17. The number of unbranched alkanes of at least 4 members (excludes halogenated alkanes) is 1. The average Bonchev–Trinajstić information content (AvgIpc) is 2.67. The Hall–Kier alpha value is -2.26. The number of fused-ring (bicyclic) bond motifs is 3. The van der Waals surface area contributed by atoms with Gasteiger partial charge in [-0.2, -0.15) is 0 Å². The number of nitrogens with zero attached hydrogens (tertiary/aromatic N) is 2. The average molecular weight is 346 g/mol. The largest absolute Gasteiger partial charge is 0.325 e. The van der Waals surface area contributed by atoms with E-state index in [0.29, 0.717) is 0 Å². The molecule has 0 spiro atoms. The molecular formula is C22H22N2S. The molecule has 0 unspecified atom stereocenters. The molecule has 1 aliphatic carbocycles. The van der Waals surface area contributed by atoms with Crippen LogP contribution in [0.4, 0.5) is 0 Å². The molecule has 1 aliphatic rings. The molecule has 0 atom stereocenters. The van der Waals surface area contributed by atoms with Gasteiger partial charge in [0.1, 0.15) is 10.5 Å². The van der Waals surface area contributed by atoms with E-state index in [1.54, 1.807) is 0 Å². The van der Waals surface area contributed by atoms with Crippen LogP contribution in [0.2, 0.25) is 0 Å². The Morgan fingerprint density at radius 3 is 2.56 bits per heavy atom. The summed E-state index contributed by atoms with van der Waals surface area (Å²) in [5.41, 5.74) is 6.40. The third-order valence-electron chi connectivity index (χ3n) is 4.96. The summed E-state index contributed by atoms with van der Waals surface area (Å²) in [4.78, 5) is 4.86. The highest BCUT2D eigenvalue weighted by Crippen LogP contribution is 2.36. The van der Waals surface area contributed by atoms with Crippen molar-refractivity contribution in [1.29, 1.82) is 0 Å². The Labute approximate surface area is 154 Å². The highest BCUT2D eigenvalue weighted by molar-refractivity contribution is 7.71. The highest BCUT2D eigenvalue weighted by Gasteiger charge is 2.23. The Kier molecular flexibility index (Phi) is 4.50. The van der Waals surface area contributed by atoms with Gasteiger partial charge in [-0.05, 0) is 24.8 Å². The lowest BCUT2D eigenvalue weighted by molar-refractivity contribution is 0.623. The summed E-state index contributed by atoms with van der Waals surface area (Å²) in [6, 6.07) is 19.2. The van der Waals surface area contributed by atoms with Gasteiger partial charge in [-0.25, -0.2) is 4.98 Å². The second kappa shape index (κ2) is 6.93. The van der Waals surface area contributed by atoms with Crippen LogP contribution >= 0.6 is 12.2 Å². The second-order valence-electron chi connectivity index (χ2n) is 6.60. The monoisotopic (exact) mass is 346 g/mol. The van der Waals surface area contributed by atoms with Gasteiger partial charge in [0.2, 0.25) is 0 Å². The number of aromatic nitrogens is 2. The smallest absolute Gasteiger partial charge is 0.142 e. The molecule has 4 rings (SSSR count). The molecule has 3 aromatic rings. The number of aryl methyl sites for hydroxylation is 1. The van der Waals surface area contributed by atoms with Gasteiger partial charge in [0, 0.05) is 23.2 Å². The van der Waals surface area contributed by atoms with Gasteiger partial charge >= 0.3 is 0 Å². The van der Waals surface area contributed by atoms with E-state index in [4.69, 9.17) is 17.2 Å². The molecule has 2 nitrogen and oxygen atoms in total. The van der Waals surface area contributed by atoms with Crippen LogP contribution in [0.5, 0.6) is 0 Å². The summed E-state index contributed by atoms with van der Waals surface area (Å²) in [5, 5.41) is 0. The molecule has 126 valence electrons. The maximum absolute atomic E-state index is 5.70. The molecule has 0 radical (unpaired) electrons. The Balaban J connectivity index is 2.02. The van der Waals surface area contributed by atoms with Gasteiger partial charge in [-0.3, -0.25) is 0 Å². The molecule has 25 heavy (non-hydrogen) atoms. The number of hydrogen-bond acceptors (Lipinski definition) is 2. The highest BCUT2D eigenvalue weighted by atomic mass is 32.1. The maximum Gasteiger partial charge on any atom is 0.142 e. The molecule has 0 bridgehead atoms. The third kappa shape index (κ3) is 2.93. The van der Waals surface area contributed by atoms with Crippen LogP contribution in [0, 0.1) is 4.64 Å². The normalized spacial score (nSPS) is 12.5. The third-order valence-corrected chi connectivity index (χ3v) is 5.30. The van der Waals surface area contributed by atoms with E-state index in [1.807, 2.05) is 6.07 Å². The Morgan fingerprint density at radius 1 is 1.00 bits per heavy atom. The first kappa shape index (κ1) is 16.2. The van der Waals surface area contributed by atoms with E-state index in [0.717, 1.165) is 48.3 Å². The predicted molar refractivity (Wildman–Crippen MR) is 106 cm³/mol. The van der Waals surface area contributed by atoms with E-state index in [9.17, 15) is 0 Å². The van der Waals surface area contributed by atoms with Crippen LogP contribution in [-0.4, -0.2) is 9.55 Å². The van der Waals surface area contributed by atoms with E-state index in [-0.39, 0.29) is 0 Å². The molecule has 1 aromatic heterocycles. The molecule has 1 heterocycles. The molecule has 0 fully saturated rings. The molecular weight excluding hydrogens is 324 g/mol. The first-order valence-corrected chi connectivity index (χ1v) is 9.48. The number of benzene rings is 2. The fourth-order valence-electron chi connectivity index (χ4n) is 3.70. The van der Waals surface area contributed by atoms with Crippen LogP contribution in [-0.2, 0) is 19.4 Å². The fraction of sp³-hybridized carbons (Fsp3) is 0.273. The van der Waals surface area contributed by atoms with Crippen molar-refractivity contribution in [2.45, 2.75) is 39.2 Å². The molecule has 0 aliphatic heterocycles. The van der Waals surface area contributed by atoms with Crippen molar-refractivity contribution in [2.75, 3.05) is 0 Å². The lowest BCUT2D eigenvalue weighted by atomic mass is 9.89. The van der Waals surface area contributed by atoms with Crippen molar-refractivity contribution in [3.05, 3.63) is 70.4 Å². The molecule has 0 saturated heterocycles. The summed E-state index contributed by atoms with van der Waals surface area (Å²) in [7, 11) is 0. The summed E-state index contributed by atoms with van der Waals surface area (Å²) < 4.78 is 3.17. The summed E-state index contributed by atoms with van der Waals surface area (Å²) in [6.45, 7) is 3.21. The van der Waals surface area contributed by atoms with E-state index in [1.165, 1.54) is 22.4 Å². The van der Waals surface area contributed by atoms with Gasteiger partial charge in [0.05, 0.1) is 5.69 Å². The Morgan fingerprint density at radius 2 is 1.76 bits per heavy atom. The van der Waals surface area contributed by atoms with Crippen molar-refractivity contribution >= 4 is 12.2 Å². The first-order chi connectivity index (χ1) is 12.3. The summed E-state index contributed by atoms with van der Waals surface area (Å²) in [6.07, 6.45) is 4.33. The van der Waals surface area contributed by atoms with Gasteiger partial charge in [0.15, 0.2) is 0 Å². The van der Waals surface area contributed by atoms with Crippen LogP contribution in [0.25, 0.3) is 22.6 Å². The zero-order chi connectivity index (χ0) is 17.2. The fourth-order valence-corrected chi connectivity index (χ4v) is 3.98. The predicted octanol–water partition coefficient (Wildman–Crippen LogP) is 5.85. The van der Waals surface area contributed by atoms with Gasteiger partial charge in [-0.1, -0.05) is 80.2 Å². The van der Waals surface area contributed by atoms with Crippen molar-refractivity contribution in [2.24, 2.45) is 0 Å². The molecule has 0 N–H and O–H groups in total. The van der Waals surface area contributed by atoms with Crippen molar-refractivity contribution in [1.82, 2.24) is 9.55 Å². The van der Waals surface area contributed by atoms with Crippen molar-refractivity contribution < 1.29 is 0 Å². The lowest BCUT2D eigenvalue weighted by Gasteiger charge is -2.26. The maximum atomic E-state index is 5.70. The first-order valence-electron chi connectivity index (χ1n) is 9.07. The quantitative estimate of drug-likeness (QED) is 0.552. The second-order valence-corrected chi connectivity index (χ2v) is 6.98. The zero-order valence-corrected chi connectivity index (χ0v) is 15.4. The summed E-state index contributed by atoms with van der Waals surface area (Å²) in [5.74, 6) is 0.995. The minimum atomic E-state index is 0.760. The minimum Gasteiger partial charge on any atom is -0.325 e. The van der Waals surface area contributed by atoms with Crippen LogP contribution in [0.15, 0.2) is 54.6 Å². The van der Waals surface area contributed by atoms with Crippen LogP contribution in [0.1, 0.15) is 30.9 Å². The van der Waals surface area contributed by atoms with Crippen molar-refractivity contribution in [3.8, 4) is 22.6 Å². The van der Waals surface area contributed by atoms with Gasteiger partial charge in [-0.15, -0.1) is 0 Å². The SMILES string of the molecule is CCCCn1c(-c2ccccc2)nc(=S)c2c1-c1ccccc1CC2. The van der Waals surface area contributed by atoms with Gasteiger partial charge in [0.25, 0.3) is 0 Å². The van der Waals surface area contributed by atoms with Crippen LogP contribution < -0.4 is 0 Å².